The molecule has 1 saturated heterocycles. The third kappa shape index (κ3) is 4.62. The van der Waals surface area contributed by atoms with Crippen LogP contribution in [0, 0.1) is 11.6 Å². The molecule has 1 aliphatic rings. The summed E-state index contributed by atoms with van der Waals surface area (Å²) in [5.74, 6) is -2.38. The maximum Gasteiger partial charge on any atom is 0.271 e. The molecule has 6 nitrogen and oxygen atoms in total. The van der Waals surface area contributed by atoms with Crippen LogP contribution in [0.2, 0.25) is 0 Å². The highest BCUT2D eigenvalue weighted by atomic mass is 32.2. The van der Waals surface area contributed by atoms with E-state index in [1.54, 1.807) is 30.3 Å². The van der Waals surface area contributed by atoms with E-state index >= 15 is 0 Å². The van der Waals surface area contributed by atoms with Crippen molar-refractivity contribution in [2.75, 3.05) is 4.90 Å². The lowest BCUT2D eigenvalue weighted by atomic mass is 10.2. The minimum Gasteiger partial charge on any atom is -0.268 e. The van der Waals surface area contributed by atoms with E-state index in [4.69, 9.17) is 5.14 Å². The molecule has 4 rings (SSSR count). The molecule has 1 amide bonds. The van der Waals surface area contributed by atoms with Crippen LogP contribution in [0.3, 0.4) is 0 Å². The van der Waals surface area contributed by atoms with Gasteiger partial charge < -0.3 is 0 Å². The van der Waals surface area contributed by atoms with Crippen LogP contribution in [0.25, 0.3) is 6.08 Å². The summed E-state index contributed by atoms with van der Waals surface area (Å²) in [6.45, 7) is 0. The highest BCUT2D eigenvalue weighted by molar-refractivity contribution is 8.19. The van der Waals surface area contributed by atoms with Crippen LogP contribution in [0.1, 0.15) is 5.56 Å². The molecule has 162 valence electrons. The van der Waals surface area contributed by atoms with Crippen LogP contribution >= 0.6 is 11.8 Å². The number of thioether (sulfide) groups is 1. The van der Waals surface area contributed by atoms with E-state index in [9.17, 15) is 22.0 Å². The number of benzene rings is 3. The molecular formula is C22H15F2N3O3S2. The number of amidine groups is 1. The average molecular weight is 472 g/mol. The normalized spacial score (nSPS) is 16.8. The van der Waals surface area contributed by atoms with E-state index in [0.29, 0.717) is 22.1 Å². The summed E-state index contributed by atoms with van der Waals surface area (Å²) in [5, 5.41) is 5.44. The fourth-order valence-corrected chi connectivity index (χ4v) is 4.44. The van der Waals surface area contributed by atoms with Gasteiger partial charge in [0.15, 0.2) is 16.8 Å². The van der Waals surface area contributed by atoms with E-state index in [1.165, 1.54) is 41.3 Å². The second-order valence-corrected chi connectivity index (χ2v) is 9.26. The van der Waals surface area contributed by atoms with E-state index in [2.05, 4.69) is 4.99 Å². The Labute approximate surface area is 187 Å². The lowest BCUT2D eigenvalue weighted by Crippen LogP contribution is -2.28. The van der Waals surface area contributed by atoms with Gasteiger partial charge in [0.1, 0.15) is 0 Å². The zero-order valence-corrected chi connectivity index (χ0v) is 17.9. The largest absolute Gasteiger partial charge is 0.271 e. The first-order valence-electron chi connectivity index (χ1n) is 9.18. The molecule has 0 bridgehead atoms. The molecule has 2 N–H and O–H groups in total. The first kappa shape index (κ1) is 21.9. The van der Waals surface area contributed by atoms with Gasteiger partial charge in [-0.15, -0.1) is 0 Å². The monoisotopic (exact) mass is 471 g/mol. The molecule has 0 saturated carbocycles. The number of halogens is 2. The zero-order chi connectivity index (χ0) is 22.9. The van der Waals surface area contributed by atoms with Crippen LogP contribution < -0.4 is 10.0 Å². The minimum atomic E-state index is -3.84. The van der Waals surface area contributed by atoms with Crippen molar-refractivity contribution in [1.82, 2.24) is 0 Å². The molecule has 1 aliphatic heterocycles. The zero-order valence-electron chi connectivity index (χ0n) is 16.3. The molecule has 1 heterocycles. The van der Waals surface area contributed by atoms with Gasteiger partial charge in [0.05, 0.1) is 21.2 Å². The smallest absolute Gasteiger partial charge is 0.268 e. The number of para-hydroxylation sites is 1. The number of nitrogens with zero attached hydrogens (tertiary/aromatic N) is 2. The molecule has 0 aliphatic carbocycles. The Balaban J connectivity index is 1.75. The van der Waals surface area contributed by atoms with Crippen LogP contribution in [0.15, 0.2) is 87.6 Å². The standard InChI is InChI=1S/C22H15F2N3O3S2/c23-18-11-6-14(12-19(18)24)13-20-21(28)27(16-4-2-1-3-5-16)22(31-20)26-15-7-9-17(10-8-15)32(25,29)30/h1-13H,(H2,25,29,30). The highest BCUT2D eigenvalue weighted by Crippen LogP contribution is 2.37. The molecule has 0 unspecified atom stereocenters. The Morgan fingerprint density at radius 2 is 1.62 bits per heavy atom. The van der Waals surface area contributed by atoms with Gasteiger partial charge in [-0.25, -0.2) is 27.3 Å². The fraction of sp³-hybridized carbons (Fsp3) is 0. The van der Waals surface area contributed by atoms with Gasteiger partial charge in [-0.3, -0.25) is 9.69 Å². The van der Waals surface area contributed by atoms with E-state index in [-0.39, 0.29) is 15.7 Å². The number of sulfonamides is 1. The Morgan fingerprint density at radius 1 is 0.938 bits per heavy atom. The van der Waals surface area contributed by atoms with Crippen molar-refractivity contribution in [3.05, 3.63) is 94.9 Å². The number of rotatable bonds is 4. The van der Waals surface area contributed by atoms with Gasteiger partial charge >= 0.3 is 0 Å². The second-order valence-electron chi connectivity index (χ2n) is 6.69. The van der Waals surface area contributed by atoms with Crippen LogP contribution in [-0.2, 0) is 14.8 Å². The molecule has 0 radical (unpaired) electrons. The van der Waals surface area contributed by atoms with E-state index < -0.39 is 21.7 Å². The van der Waals surface area contributed by atoms with E-state index in [0.717, 1.165) is 23.9 Å². The van der Waals surface area contributed by atoms with Gasteiger partial charge in [-0.1, -0.05) is 24.3 Å². The van der Waals surface area contributed by atoms with Gasteiger partial charge in [-0.05, 0) is 71.9 Å². The number of carbonyl (C=O) groups excluding carboxylic acids is 1. The molecule has 0 atom stereocenters. The molecular weight excluding hydrogens is 456 g/mol. The topological polar surface area (TPSA) is 92.8 Å². The Bertz CT molecular complexity index is 1360. The summed E-state index contributed by atoms with van der Waals surface area (Å²) in [6, 6.07) is 17.7. The van der Waals surface area contributed by atoms with Gasteiger partial charge in [-0.2, -0.15) is 0 Å². The molecule has 10 heteroatoms. The summed E-state index contributed by atoms with van der Waals surface area (Å²) in [4.78, 5) is 19.2. The van der Waals surface area contributed by atoms with Crippen LogP contribution in [0.5, 0.6) is 0 Å². The third-order valence-electron chi connectivity index (χ3n) is 4.45. The lowest BCUT2D eigenvalue weighted by molar-refractivity contribution is -0.113. The van der Waals surface area contributed by atoms with Crippen molar-refractivity contribution in [2.45, 2.75) is 4.90 Å². The first-order valence-corrected chi connectivity index (χ1v) is 11.5. The maximum absolute atomic E-state index is 13.6. The van der Waals surface area contributed by atoms with Gasteiger partial charge in [0.2, 0.25) is 10.0 Å². The number of hydrogen-bond donors (Lipinski definition) is 1. The summed E-state index contributed by atoms with van der Waals surface area (Å²) in [5.41, 5.74) is 1.30. The lowest BCUT2D eigenvalue weighted by Gasteiger charge is -2.15. The molecule has 3 aromatic carbocycles. The summed E-state index contributed by atoms with van der Waals surface area (Å²) in [7, 11) is -3.84. The summed E-state index contributed by atoms with van der Waals surface area (Å²) in [6.07, 6.45) is 1.46. The fourth-order valence-electron chi connectivity index (χ4n) is 2.93. The maximum atomic E-state index is 13.6. The molecule has 0 spiro atoms. The van der Waals surface area contributed by atoms with Crippen molar-refractivity contribution in [2.24, 2.45) is 10.1 Å². The first-order chi connectivity index (χ1) is 15.2. The average Bonchev–Trinajstić information content (AvgIpc) is 3.05. The Kier molecular flexibility index (Phi) is 5.92. The molecule has 0 aromatic heterocycles. The summed E-state index contributed by atoms with van der Waals surface area (Å²) < 4.78 is 49.7. The van der Waals surface area contributed by atoms with Crippen LogP contribution in [0.4, 0.5) is 20.2 Å². The highest BCUT2D eigenvalue weighted by Gasteiger charge is 2.34. The minimum absolute atomic E-state index is 0.0598. The van der Waals surface area contributed by atoms with Crippen molar-refractivity contribution < 1.29 is 22.0 Å². The predicted octanol–water partition coefficient (Wildman–Crippen LogP) is 4.42. The van der Waals surface area contributed by atoms with Crippen molar-refractivity contribution in [3.8, 4) is 0 Å². The number of carbonyl (C=O) groups is 1. The quantitative estimate of drug-likeness (QED) is 0.570. The number of hydrogen-bond acceptors (Lipinski definition) is 5. The second kappa shape index (κ2) is 8.65. The Hall–Kier alpha value is -3.34. The van der Waals surface area contributed by atoms with Crippen molar-refractivity contribution in [1.29, 1.82) is 0 Å². The van der Waals surface area contributed by atoms with E-state index in [1.807, 2.05) is 0 Å². The number of aliphatic imine (C=N–C) groups is 1. The number of nitrogens with two attached hydrogens (primary N) is 1. The molecule has 1 fully saturated rings. The summed E-state index contributed by atoms with van der Waals surface area (Å²) >= 11 is 1.06. The van der Waals surface area contributed by atoms with Gasteiger partial charge in [0, 0.05) is 0 Å². The molecule has 32 heavy (non-hydrogen) atoms. The molecule has 3 aromatic rings. The number of anilines is 1. The van der Waals surface area contributed by atoms with Crippen molar-refractivity contribution in [3.63, 3.8) is 0 Å². The van der Waals surface area contributed by atoms with Crippen LogP contribution in [-0.4, -0.2) is 19.5 Å². The number of primary sulfonamides is 1. The third-order valence-corrected chi connectivity index (χ3v) is 6.35. The number of amides is 1. The Morgan fingerprint density at radius 3 is 2.25 bits per heavy atom. The predicted molar refractivity (Wildman–Crippen MR) is 121 cm³/mol. The van der Waals surface area contributed by atoms with Gasteiger partial charge in [0.25, 0.3) is 5.91 Å². The SMILES string of the molecule is NS(=O)(=O)c1ccc(N=C2SC(=Cc3ccc(F)c(F)c3)C(=O)N2c2ccccc2)cc1. The van der Waals surface area contributed by atoms with Crippen molar-refractivity contribution >= 4 is 50.3 Å².